The molecule has 1 saturated heterocycles. The minimum Gasteiger partial charge on any atom is -0.306 e. The number of fused-ring (bicyclic) bond motifs is 4. The van der Waals surface area contributed by atoms with E-state index in [1.165, 1.54) is 69.8 Å². The number of halogens is 1. The summed E-state index contributed by atoms with van der Waals surface area (Å²) in [5.41, 5.74) is 6.58. The van der Waals surface area contributed by atoms with E-state index in [0.717, 1.165) is 0 Å². The molecule has 1 aliphatic carbocycles. The number of unbranched alkanes of at least 4 members (excludes halogenated alkanes) is 3. The van der Waals surface area contributed by atoms with Gasteiger partial charge < -0.3 is 4.90 Å². The van der Waals surface area contributed by atoms with Crippen LogP contribution in [-0.4, -0.2) is 30.4 Å². The lowest BCUT2D eigenvalue weighted by Crippen LogP contribution is -2.42. The second-order valence-electron chi connectivity index (χ2n) is 8.45. The maximum atomic E-state index is 3.38. The average molecular weight is 503 g/mol. The molecule has 0 amide bonds. The maximum Gasteiger partial charge on any atom is 0.0232 e. The topological polar surface area (TPSA) is 3.24 Å². The number of hydrogen-bond acceptors (Lipinski definition) is 1. The fraction of sp³-hybridized carbons (Fsp3) is 0.600. The standard InChI is InChI=1S/C20H23N.C6H13Br.2C2H6/c1-21-14-12-20(13-15-21)18-8-4-2-6-16(18)10-11-17-7-3-5-9-19(17)20;1-2-3-4-5-6-7;2*1-2/h2-9H,10-15H2,1H3;2-6H2,1H3;2*1-2H3. The van der Waals surface area contributed by atoms with Gasteiger partial charge in [0.1, 0.15) is 0 Å². The minimum absolute atomic E-state index is 0.246. The van der Waals surface area contributed by atoms with Crippen molar-refractivity contribution in [2.45, 2.75) is 91.4 Å². The van der Waals surface area contributed by atoms with Gasteiger partial charge >= 0.3 is 0 Å². The molecular weight excluding hydrogens is 454 g/mol. The smallest absolute Gasteiger partial charge is 0.0232 e. The lowest BCUT2D eigenvalue weighted by Gasteiger charge is -2.42. The van der Waals surface area contributed by atoms with Crippen molar-refractivity contribution in [3.05, 3.63) is 70.8 Å². The third-order valence-corrected chi connectivity index (χ3v) is 7.12. The van der Waals surface area contributed by atoms with E-state index in [1.807, 2.05) is 27.7 Å². The minimum atomic E-state index is 0.246. The van der Waals surface area contributed by atoms with Crippen LogP contribution in [0.1, 0.15) is 95.4 Å². The molecule has 2 aliphatic rings. The Morgan fingerprint density at radius 2 is 1.22 bits per heavy atom. The monoisotopic (exact) mass is 501 g/mol. The molecule has 0 aromatic heterocycles. The quantitative estimate of drug-likeness (QED) is 0.298. The van der Waals surface area contributed by atoms with E-state index < -0.39 is 0 Å². The van der Waals surface area contributed by atoms with Gasteiger partial charge in [0.25, 0.3) is 0 Å². The summed E-state index contributed by atoms with van der Waals surface area (Å²) in [6, 6.07) is 18.3. The third-order valence-electron chi connectivity index (χ3n) is 6.56. The zero-order valence-corrected chi connectivity index (χ0v) is 23.3. The number of alkyl halides is 1. The summed E-state index contributed by atoms with van der Waals surface area (Å²) in [5.74, 6) is 0. The van der Waals surface area contributed by atoms with Gasteiger partial charge in [-0.1, -0.05) is 118 Å². The summed E-state index contributed by atoms with van der Waals surface area (Å²) in [5, 5.41) is 1.17. The second kappa shape index (κ2) is 16.5. The fourth-order valence-electron chi connectivity index (χ4n) is 4.88. The van der Waals surface area contributed by atoms with Crippen LogP contribution >= 0.6 is 15.9 Å². The van der Waals surface area contributed by atoms with Crippen molar-refractivity contribution in [2.75, 3.05) is 25.5 Å². The molecule has 0 atom stereocenters. The van der Waals surface area contributed by atoms with E-state index >= 15 is 0 Å². The molecule has 0 N–H and O–H groups in total. The van der Waals surface area contributed by atoms with Gasteiger partial charge in [-0.3, -0.25) is 0 Å². The van der Waals surface area contributed by atoms with Crippen molar-refractivity contribution in [2.24, 2.45) is 0 Å². The lowest BCUT2D eigenvalue weighted by molar-refractivity contribution is 0.212. The molecule has 1 aliphatic heterocycles. The van der Waals surface area contributed by atoms with Crippen LogP contribution in [0.5, 0.6) is 0 Å². The molecule has 1 fully saturated rings. The van der Waals surface area contributed by atoms with Crippen LogP contribution < -0.4 is 0 Å². The first-order chi connectivity index (χ1) is 15.7. The zero-order valence-electron chi connectivity index (χ0n) is 21.7. The van der Waals surface area contributed by atoms with E-state index in [0.29, 0.717) is 0 Å². The molecule has 1 nitrogen and oxygen atoms in total. The summed E-state index contributed by atoms with van der Waals surface area (Å²) in [6.45, 7) is 12.6. The Morgan fingerprint density at radius 1 is 0.750 bits per heavy atom. The number of likely N-dealkylation sites (tertiary alicyclic amines) is 1. The first kappa shape index (κ1) is 28.9. The van der Waals surface area contributed by atoms with Crippen LogP contribution in [0.4, 0.5) is 0 Å². The number of hydrogen-bond donors (Lipinski definition) is 0. The number of piperidine rings is 1. The van der Waals surface area contributed by atoms with Gasteiger partial charge in [0.2, 0.25) is 0 Å². The molecule has 0 bridgehead atoms. The molecular formula is C30H48BrN. The normalized spacial score (nSPS) is 16.0. The largest absolute Gasteiger partial charge is 0.306 e. The highest BCUT2D eigenvalue weighted by molar-refractivity contribution is 9.09. The molecule has 1 spiro atoms. The number of rotatable bonds is 4. The predicted molar refractivity (Wildman–Crippen MR) is 148 cm³/mol. The molecule has 4 rings (SSSR count). The summed E-state index contributed by atoms with van der Waals surface area (Å²) in [6.07, 6.45) is 10.3. The van der Waals surface area contributed by atoms with Crippen LogP contribution in [0.15, 0.2) is 48.5 Å². The first-order valence-electron chi connectivity index (χ1n) is 13.1. The second-order valence-corrected chi connectivity index (χ2v) is 9.24. The molecule has 2 heteroatoms. The highest BCUT2D eigenvalue weighted by Crippen LogP contribution is 2.46. The Kier molecular flexibility index (Phi) is 14.9. The number of benzene rings is 2. The van der Waals surface area contributed by atoms with Crippen molar-refractivity contribution in [3.8, 4) is 0 Å². The molecule has 0 unspecified atom stereocenters. The number of aryl methyl sites for hydroxylation is 2. The molecule has 2 aromatic rings. The lowest BCUT2D eigenvalue weighted by atomic mass is 9.66. The molecule has 0 radical (unpaired) electrons. The first-order valence-corrected chi connectivity index (χ1v) is 14.2. The van der Waals surface area contributed by atoms with E-state index in [1.54, 1.807) is 22.3 Å². The molecule has 0 saturated carbocycles. The Labute approximate surface area is 208 Å². The van der Waals surface area contributed by atoms with Crippen molar-refractivity contribution < 1.29 is 0 Å². The van der Waals surface area contributed by atoms with Crippen LogP contribution in [-0.2, 0) is 18.3 Å². The van der Waals surface area contributed by atoms with Gasteiger partial charge in [0, 0.05) is 10.7 Å². The molecule has 2 aromatic carbocycles. The Balaban J connectivity index is 0.000000398. The van der Waals surface area contributed by atoms with Crippen LogP contribution in [0.3, 0.4) is 0 Å². The SMILES string of the molecule is CC.CC.CCCCCCBr.CN1CCC2(CC1)c1ccccc1CCc1ccccc12. The van der Waals surface area contributed by atoms with Gasteiger partial charge in [-0.15, -0.1) is 0 Å². The van der Waals surface area contributed by atoms with Crippen LogP contribution in [0.2, 0.25) is 0 Å². The van der Waals surface area contributed by atoms with Crippen molar-refractivity contribution in [1.29, 1.82) is 0 Å². The van der Waals surface area contributed by atoms with E-state index in [4.69, 9.17) is 0 Å². The van der Waals surface area contributed by atoms with Crippen molar-refractivity contribution >= 4 is 15.9 Å². The van der Waals surface area contributed by atoms with E-state index in [-0.39, 0.29) is 5.41 Å². The summed E-state index contributed by atoms with van der Waals surface area (Å²) in [7, 11) is 2.25. The molecule has 180 valence electrons. The Bertz CT molecular complexity index is 678. The average Bonchev–Trinajstić information content (AvgIpc) is 3.00. The van der Waals surface area contributed by atoms with Crippen molar-refractivity contribution in [1.82, 2.24) is 4.90 Å². The maximum absolute atomic E-state index is 3.38. The number of nitrogens with zero attached hydrogens (tertiary/aromatic N) is 1. The van der Waals surface area contributed by atoms with Gasteiger partial charge in [-0.25, -0.2) is 0 Å². The predicted octanol–water partition coefficient (Wildman–Crippen LogP) is 8.81. The zero-order chi connectivity index (χ0) is 23.8. The van der Waals surface area contributed by atoms with Gasteiger partial charge in [-0.2, -0.15) is 0 Å². The van der Waals surface area contributed by atoms with Crippen LogP contribution in [0.25, 0.3) is 0 Å². The molecule has 1 heterocycles. The highest BCUT2D eigenvalue weighted by atomic mass is 79.9. The Morgan fingerprint density at radius 3 is 1.66 bits per heavy atom. The Hall–Kier alpha value is -1.12. The highest BCUT2D eigenvalue weighted by Gasteiger charge is 2.40. The van der Waals surface area contributed by atoms with Gasteiger partial charge in [-0.05, 0) is 74.5 Å². The van der Waals surface area contributed by atoms with Gasteiger partial charge in [0.15, 0.2) is 0 Å². The summed E-state index contributed by atoms with van der Waals surface area (Å²) >= 11 is 3.38. The van der Waals surface area contributed by atoms with Crippen LogP contribution in [0, 0.1) is 0 Å². The van der Waals surface area contributed by atoms with Gasteiger partial charge in [0.05, 0.1) is 0 Å². The molecule has 32 heavy (non-hydrogen) atoms. The third kappa shape index (κ3) is 7.73. The van der Waals surface area contributed by atoms with E-state index in [2.05, 4.69) is 83.3 Å². The van der Waals surface area contributed by atoms with E-state index in [9.17, 15) is 0 Å². The fourth-order valence-corrected chi connectivity index (χ4v) is 5.28. The summed E-state index contributed by atoms with van der Waals surface area (Å²) in [4.78, 5) is 2.47. The summed E-state index contributed by atoms with van der Waals surface area (Å²) < 4.78 is 0. The van der Waals surface area contributed by atoms with Crippen molar-refractivity contribution in [3.63, 3.8) is 0 Å².